The Bertz CT molecular complexity index is 1030. The smallest absolute Gasteiger partial charge is 0.273 e. The molecule has 0 aliphatic carbocycles. The summed E-state index contributed by atoms with van der Waals surface area (Å²) in [5.41, 5.74) is 5.50. The fourth-order valence-electron chi connectivity index (χ4n) is 2.67. The van der Waals surface area contributed by atoms with Crippen LogP contribution in [0.2, 0.25) is 0 Å². The van der Waals surface area contributed by atoms with Crippen LogP contribution in [-0.4, -0.2) is 26.6 Å². The maximum absolute atomic E-state index is 12.5. The zero-order valence-electron chi connectivity index (χ0n) is 14.8. The van der Waals surface area contributed by atoms with Crippen LogP contribution in [0.3, 0.4) is 0 Å². The minimum Gasteiger partial charge on any atom is -0.273 e. The van der Waals surface area contributed by atoms with Gasteiger partial charge in [-0.05, 0) is 31.0 Å². The third-order valence-electron chi connectivity index (χ3n) is 4.06. The summed E-state index contributed by atoms with van der Waals surface area (Å²) >= 11 is 0. The normalized spacial score (nSPS) is 10.6. The summed E-state index contributed by atoms with van der Waals surface area (Å²) in [5.74, 6) is -0.913. The highest BCUT2D eigenvalue weighted by Gasteiger charge is 2.16. The third kappa shape index (κ3) is 4.17. The van der Waals surface area contributed by atoms with E-state index in [1.54, 1.807) is 49.6 Å². The van der Waals surface area contributed by atoms with Gasteiger partial charge in [-0.3, -0.25) is 30.2 Å². The highest BCUT2D eigenvalue weighted by Crippen LogP contribution is 2.13. The molecule has 27 heavy (non-hydrogen) atoms. The van der Waals surface area contributed by atoms with E-state index in [1.807, 2.05) is 6.07 Å². The second-order valence-corrected chi connectivity index (χ2v) is 5.88. The van der Waals surface area contributed by atoms with Gasteiger partial charge in [0.15, 0.2) is 5.69 Å². The van der Waals surface area contributed by atoms with Gasteiger partial charge in [0.25, 0.3) is 11.5 Å². The largest absolute Gasteiger partial charge is 0.290 e. The fraction of sp³-hybridized carbons (Fsp3) is 0.211. The molecular formula is C19H19N5O3. The maximum Gasteiger partial charge on any atom is 0.290 e. The molecule has 8 nitrogen and oxygen atoms in total. The summed E-state index contributed by atoms with van der Waals surface area (Å²) in [7, 11) is 0. The molecule has 0 fully saturated rings. The second-order valence-electron chi connectivity index (χ2n) is 5.88. The number of nitrogens with one attached hydrogen (secondary N) is 2. The first kappa shape index (κ1) is 18.2. The number of aromatic nitrogens is 3. The van der Waals surface area contributed by atoms with E-state index in [0.717, 1.165) is 5.56 Å². The molecule has 0 saturated carbocycles. The first-order chi connectivity index (χ1) is 13.1. The molecule has 0 bridgehead atoms. The molecule has 0 aliphatic heterocycles. The average Bonchev–Trinajstić information content (AvgIpc) is 2.71. The van der Waals surface area contributed by atoms with Crippen LogP contribution in [0.15, 0.2) is 53.6 Å². The molecule has 138 valence electrons. The van der Waals surface area contributed by atoms with Gasteiger partial charge in [0.2, 0.25) is 5.91 Å². The quantitative estimate of drug-likeness (QED) is 0.661. The number of benzene rings is 1. The van der Waals surface area contributed by atoms with Crippen molar-refractivity contribution in [3.8, 4) is 0 Å². The molecule has 0 radical (unpaired) electrons. The first-order valence-corrected chi connectivity index (χ1v) is 8.58. The summed E-state index contributed by atoms with van der Waals surface area (Å²) in [5, 5.41) is 4.97. The average molecular weight is 365 g/mol. The monoisotopic (exact) mass is 365 g/mol. The predicted molar refractivity (Wildman–Crippen MR) is 99.8 cm³/mol. The van der Waals surface area contributed by atoms with Gasteiger partial charge < -0.3 is 0 Å². The number of amides is 2. The topological polar surface area (TPSA) is 106 Å². The van der Waals surface area contributed by atoms with Gasteiger partial charge >= 0.3 is 0 Å². The van der Waals surface area contributed by atoms with Crippen molar-refractivity contribution in [2.45, 2.75) is 26.3 Å². The molecule has 0 saturated heterocycles. The van der Waals surface area contributed by atoms with Crippen molar-refractivity contribution in [2.75, 3.05) is 0 Å². The van der Waals surface area contributed by atoms with Crippen molar-refractivity contribution in [2.24, 2.45) is 0 Å². The predicted octanol–water partition coefficient (Wildman–Crippen LogP) is 1.21. The molecule has 0 unspecified atom stereocenters. The van der Waals surface area contributed by atoms with Crippen LogP contribution in [0.1, 0.15) is 29.4 Å². The van der Waals surface area contributed by atoms with E-state index in [-0.39, 0.29) is 23.6 Å². The number of carbonyl (C=O) groups is 2. The Labute approximate surface area is 155 Å². The molecule has 2 N–H and O–H groups in total. The minimum absolute atomic E-state index is 0.0830. The zero-order valence-corrected chi connectivity index (χ0v) is 14.8. The number of pyridine rings is 1. The lowest BCUT2D eigenvalue weighted by Gasteiger charge is -2.11. The van der Waals surface area contributed by atoms with Gasteiger partial charge in [-0.25, -0.2) is 4.68 Å². The van der Waals surface area contributed by atoms with E-state index in [9.17, 15) is 14.4 Å². The van der Waals surface area contributed by atoms with E-state index in [2.05, 4.69) is 20.9 Å². The van der Waals surface area contributed by atoms with Gasteiger partial charge in [-0.2, -0.15) is 5.10 Å². The lowest BCUT2D eigenvalue weighted by Crippen LogP contribution is -2.42. The van der Waals surface area contributed by atoms with Crippen LogP contribution in [0.25, 0.3) is 10.8 Å². The summed E-state index contributed by atoms with van der Waals surface area (Å²) in [6.07, 6.45) is 4.07. The number of carbonyl (C=O) groups excluding carboxylic acids is 2. The number of rotatable bonds is 5. The summed E-state index contributed by atoms with van der Waals surface area (Å²) in [6.45, 7) is 2.10. The Morgan fingerprint density at radius 2 is 1.85 bits per heavy atom. The Morgan fingerprint density at radius 1 is 1.07 bits per heavy atom. The molecule has 1 aromatic carbocycles. The van der Waals surface area contributed by atoms with E-state index < -0.39 is 5.91 Å². The van der Waals surface area contributed by atoms with Crippen LogP contribution in [-0.2, 0) is 17.8 Å². The number of aryl methyl sites for hydroxylation is 2. The SMILES string of the molecule is CCn1nc(C(=O)NNC(=O)CCc2cccnc2)c2ccccc2c1=O. The number of fused-ring (bicyclic) bond motifs is 1. The molecule has 0 spiro atoms. The van der Waals surface area contributed by atoms with Crippen molar-refractivity contribution in [1.29, 1.82) is 0 Å². The van der Waals surface area contributed by atoms with E-state index >= 15 is 0 Å². The van der Waals surface area contributed by atoms with Crippen LogP contribution in [0, 0.1) is 0 Å². The van der Waals surface area contributed by atoms with Crippen LogP contribution < -0.4 is 16.4 Å². The lowest BCUT2D eigenvalue weighted by molar-refractivity contribution is -0.121. The van der Waals surface area contributed by atoms with Gasteiger partial charge in [-0.15, -0.1) is 0 Å². The number of hydrazine groups is 1. The molecule has 8 heteroatoms. The molecule has 3 rings (SSSR count). The van der Waals surface area contributed by atoms with Crippen LogP contribution >= 0.6 is 0 Å². The molecule has 3 aromatic rings. The third-order valence-corrected chi connectivity index (χ3v) is 4.06. The van der Waals surface area contributed by atoms with Crippen LogP contribution in [0.4, 0.5) is 0 Å². The molecule has 2 aromatic heterocycles. The Hall–Kier alpha value is -3.55. The molecule has 0 atom stereocenters. The van der Waals surface area contributed by atoms with Crippen LogP contribution in [0.5, 0.6) is 0 Å². The zero-order chi connectivity index (χ0) is 19.2. The first-order valence-electron chi connectivity index (χ1n) is 8.58. The fourth-order valence-corrected chi connectivity index (χ4v) is 2.67. The highest BCUT2D eigenvalue weighted by atomic mass is 16.2. The van der Waals surface area contributed by atoms with Gasteiger partial charge in [0.05, 0.1) is 5.39 Å². The number of nitrogens with zero attached hydrogens (tertiary/aromatic N) is 3. The molecule has 2 amide bonds. The Kier molecular flexibility index (Phi) is 5.55. The Balaban J connectivity index is 1.70. The maximum atomic E-state index is 12.5. The van der Waals surface area contributed by atoms with Crippen molar-refractivity contribution >= 4 is 22.6 Å². The standard InChI is InChI=1S/C19H19N5O3/c1-2-24-19(27)15-8-4-3-7-14(15)17(23-24)18(26)22-21-16(25)10-9-13-6-5-11-20-12-13/h3-8,11-12H,2,9-10H2,1H3,(H,21,25)(H,22,26). The highest BCUT2D eigenvalue weighted by molar-refractivity contribution is 6.05. The van der Waals surface area contributed by atoms with Crippen molar-refractivity contribution in [3.63, 3.8) is 0 Å². The number of hydrogen-bond donors (Lipinski definition) is 2. The van der Waals surface area contributed by atoms with E-state index in [0.29, 0.717) is 23.7 Å². The van der Waals surface area contributed by atoms with E-state index in [4.69, 9.17) is 0 Å². The molecule has 0 aliphatic rings. The van der Waals surface area contributed by atoms with Gasteiger partial charge in [-0.1, -0.05) is 24.3 Å². The number of hydrogen-bond acceptors (Lipinski definition) is 5. The Morgan fingerprint density at radius 3 is 2.56 bits per heavy atom. The summed E-state index contributed by atoms with van der Waals surface area (Å²) in [4.78, 5) is 40.8. The van der Waals surface area contributed by atoms with Gasteiger partial charge in [0, 0.05) is 30.7 Å². The van der Waals surface area contributed by atoms with Crippen molar-refractivity contribution < 1.29 is 9.59 Å². The second kappa shape index (κ2) is 8.22. The molecule has 2 heterocycles. The van der Waals surface area contributed by atoms with Crippen molar-refractivity contribution in [1.82, 2.24) is 25.6 Å². The van der Waals surface area contributed by atoms with E-state index in [1.165, 1.54) is 4.68 Å². The van der Waals surface area contributed by atoms with Gasteiger partial charge in [0.1, 0.15) is 0 Å². The summed E-state index contributed by atoms with van der Waals surface area (Å²) < 4.78 is 1.22. The minimum atomic E-state index is -0.580. The lowest BCUT2D eigenvalue weighted by atomic mass is 10.1. The summed E-state index contributed by atoms with van der Waals surface area (Å²) in [6, 6.07) is 10.4. The molecular weight excluding hydrogens is 346 g/mol. The van der Waals surface area contributed by atoms with Crippen molar-refractivity contribution in [3.05, 3.63) is 70.4 Å².